The highest BCUT2D eigenvalue weighted by atomic mass is 16.5. The van der Waals surface area contributed by atoms with E-state index in [1.54, 1.807) is 13.3 Å². The summed E-state index contributed by atoms with van der Waals surface area (Å²) in [6.07, 6.45) is 1.66. The smallest absolute Gasteiger partial charge is 0.221 e. The van der Waals surface area contributed by atoms with Crippen molar-refractivity contribution in [2.45, 2.75) is 6.92 Å². The van der Waals surface area contributed by atoms with Gasteiger partial charge in [-0.2, -0.15) is 4.98 Å². The minimum atomic E-state index is 0.304. The summed E-state index contributed by atoms with van der Waals surface area (Å²) in [5.41, 5.74) is 5.50. The molecule has 0 aliphatic carbocycles. The van der Waals surface area contributed by atoms with Crippen LogP contribution >= 0.6 is 0 Å². The number of hydrogen-bond donors (Lipinski definition) is 1. The topological polar surface area (TPSA) is 64.3 Å². The van der Waals surface area contributed by atoms with Crippen LogP contribution in [-0.2, 0) is 4.74 Å². The number of aromatic nitrogens is 2. The lowest BCUT2D eigenvalue weighted by atomic mass is 10.4. The van der Waals surface area contributed by atoms with E-state index >= 15 is 0 Å². The predicted molar refractivity (Wildman–Crippen MR) is 56.2 cm³/mol. The van der Waals surface area contributed by atoms with Crippen LogP contribution in [-0.4, -0.2) is 36.8 Å². The van der Waals surface area contributed by atoms with Gasteiger partial charge in [-0.05, 0) is 13.0 Å². The zero-order chi connectivity index (χ0) is 10.4. The van der Waals surface area contributed by atoms with E-state index in [4.69, 9.17) is 10.5 Å². The minimum absolute atomic E-state index is 0.304. The predicted octanol–water partition coefficient (Wildman–Crippen LogP) is 0.531. The lowest BCUT2D eigenvalue weighted by Crippen LogP contribution is -2.27. The van der Waals surface area contributed by atoms with Gasteiger partial charge in [-0.15, -0.1) is 0 Å². The first kappa shape index (κ1) is 10.7. The Morgan fingerprint density at radius 1 is 1.57 bits per heavy atom. The van der Waals surface area contributed by atoms with Crippen LogP contribution in [0.2, 0.25) is 0 Å². The number of ether oxygens (including phenoxy) is 1. The number of rotatable bonds is 5. The van der Waals surface area contributed by atoms with Gasteiger partial charge in [-0.1, -0.05) is 0 Å². The second-order valence-corrected chi connectivity index (χ2v) is 2.85. The first-order valence-electron chi connectivity index (χ1n) is 4.60. The largest absolute Gasteiger partial charge is 0.383 e. The van der Waals surface area contributed by atoms with E-state index in [1.807, 2.05) is 6.07 Å². The van der Waals surface area contributed by atoms with Crippen LogP contribution in [0.5, 0.6) is 0 Å². The maximum absolute atomic E-state index is 5.50. The van der Waals surface area contributed by atoms with Crippen LogP contribution in [0.4, 0.5) is 11.8 Å². The summed E-state index contributed by atoms with van der Waals surface area (Å²) in [7, 11) is 1.68. The van der Waals surface area contributed by atoms with E-state index in [-0.39, 0.29) is 0 Å². The Morgan fingerprint density at radius 2 is 2.36 bits per heavy atom. The van der Waals surface area contributed by atoms with Crippen molar-refractivity contribution in [3.05, 3.63) is 12.3 Å². The van der Waals surface area contributed by atoms with Gasteiger partial charge in [0.1, 0.15) is 5.82 Å². The fraction of sp³-hybridized carbons (Fsp3) is 0.556. The van der Waals surface area contributed by atoms with Gasteiger partial charge in [0.15, 0.2) is 0 Å². The third kappa shape index (κ3) is 2.85. The quantitative estimate of drug-likeness (QED) is 0.744. The third-order valence-corrected chi connectivity index (χ3v) is 1.93. The van der Waals surface area contributed by atoms with E-state index in [9.17, 15) is 0 Å². The number of methoxy groups -OCH3 is 1. The van der Waals surface area contributed by atoms with Crippen molar-refractivity contribution >= 4 is 11.8 Å². The highest BCUT2D eigenvalue weighted by Crippen LogP contribution is 2.09. The molecular formula is C9H16N4O. The normalized spacial score (nSPS) is 10.1. The Morgan fingerprint density at radius 3 is 2.93 bits per heavy atom. The molecule has 78 valence electrons. The minimum Gasteiger partial charge on any atom is -0.383 e. The SMILES string of the molecule is CCN(CCOC)c1ccnc(N)n1. The van der Waals surface area contributed by atoms with Crippen LogP contribution in [0.1, 0.15) is 6.92 Å². The standard InChI is InChI=1S/C9H16N4O/c1-3-13(6-7-14-2)8-4-5-11-9(10)12-8/h4-5H,3,6-7H2,1-2H3,(H2,10,11,12). The van der Waals surface area contributed by atoms with Gasteiger partial charge < -0.3 is 15.4 Å². The number of likely N-dealkylation sites (N-methyl/N-ethyl adjacent to an activating group) is 1. The van der Waals surface area contributed by atoms with Crippen LogP contribution in [0.3, 0.4) is 0 Å². The van der Waals surface area contributed by atoms with E-state index < -0.39 is 0 Å². The maximum atomic E-state index is 5.50. The Bertz CT molecular complexity index is 279. The average Bonchev–Trinajstić information content (AvgIpc) is 2.19. The molecule has 0 amide bonds. The summed E-state index contributed by atoms with van der Waals surface area (Å²) in [4.78, 5) is 10.1. The van der Waals surface area contributed by atoms with Crippen molar-refractivity contribution in [3.8, 4) is 0 Å². The van der Waals surface area contributed by atoms with Crippen molar-refractivity contribution in [3.63, 3.8) is 0 Å². The van der Waals surface area contributed by atoms with Crippen LogP contribution in [0, 0.1) is 0 Å². The molecule has 1 aromatic rings. The van der Waals surface area contributed by atoms with Crippen LogP contribution in [0.15, 0.2) is 12.3 Å². The molecule has 5 heteroatoms. The van der Waals surface area contributed by atoms with Gasteiger partial charge in [-0.25, -0.2) is 4.98 Å². The zero-order valence-corrected chi connectivity index (χ0v) is 8.60. The lowest BCUT2D eigenvalue weighted by Gasteiger charge is -2.21. The molecule has 5 nitrogen and oxygen atoms in total. The number of nitrogens with zero attached hydrogens (tertiary/aromatic N) is 3. The number of nitrogens with two attached hydrogens (primary N) is 1. The van der Waals surface area contributed by atoms with Crippen molar-refractivity contribution in [2.75, 3.05) is 37.4 Å². The fourth-order valence-corrected chi connectivity index (χ4v) is 1.18. The summed E-state index contributed by atoms with van der Waals surface area (Å²) in [5.74, 6) is 1.15. The summed E-state index contributed by atoms with van der Waals surface area (Å²) in [5, 5.41) is 0. The van der Waals surface area contributed by atoms with E-state index in [0.29, 0.717) is 12.6 Å². The molecule has 0 bridgehead atoms. The van der Waals surface area contributed by atoms with Crippen LogP contribution in [0.25, 0.3) is 0 Å². The first-order chi connectivity index (χ1) is 6.77. The highest BCUT2D eigenvalue weighted by molar-refractivity contribution is 5.40. The molecule has 14 heavy (non-hydrogen) atoms. The summed E-state index contributed by atoms with van der Waals surface area (Å²) in [6, 6.07) is 1.84. The van der Waals surface area contributed by atoms with Gasteiger partial charge in [-0.3, -0.25) is 0 Å². The van der Waals surface area contributed by atoms with Crippen LogP contribution < -0.4 is 10.6 Å². The van der Waals surface area contributed by atoms with E-state index in [2.05, 4.69) is 21.8 Å². The molecule has 1 heterocycles. The molecule has 0 fully saturated rings. The van der Waals surface area contributed by atoms with Crippen molar-refractivity contribution < 1.29 is 4.74 Å². The number of nitrogen functional groups attached to an aromatic ring is 1. The van der Waals surface area contributed by atoms with Gasteiger partial charge in [0.25, 0.3) is 0 Å². The Labute approximate surface area is 83.9 Å². The number of anilines is 2. The summed E-state index contributed by atoms with van der Waals surface area (Å²) < 4.78 is 5.01. The fourth-order valence-electron chi connectivity index (χ4n) is 1.18. The van der Waals surface area contributed by atoms with Gasteiger partial charge in [0, 0.05) is 26.4 Å². The highest BCUT2D eigenvalue weighted by Gasteiger charge is 2.05. The molecule has 0 saturated heterocycles. The second kappa shape index (κ2) is 5.39. The second-order valence-electron chi connectivity index (χ2n) is 2.85. The number of hydrogen-bond acceptors (Lipinski definition) is 5. The Kier molecular flexibility index (Phi) is 4.12. The summed E-state index contributed by atoms with van der Waals surface area (Å²) >= 11 is 0. The molecule has 0 atom stereocenters. The van der Waals surface area contributed by atoms with E-state index in [0.717, 1.165) is 18.9 Å². The molecule has 0 spiro atoms. The van der Waals surface area contributed by atoms with Gasteiger partial charge in [0.05, 0.1) is 6.61 Å². The molecule has 0 saturated carbocycles. The van der Waals surface area contributed by atoms with Crippen molar-refractivity contribution in [1.29, 1.82) is 0 Å². The third-order valence-electron chi connectivity index (χ3n) is 1.93. The molecule has 1 aromatic heterocycles. The van der Waals surface area contributed by atoms with Crippen molar-refractivity contribution in [1.82, 2.24) is 9.97 Å². The molecular weight excluding hydrogens is 180 g/mol. The Hall–Kier alpha value is -1.36. The maximum Gasteiger partial charge on any atom is 0.221 e. The summed E-state index contributed by atoms with van der Waals surface area (Å²) in [6.45, 7) is 4.43. The lowest BCUT2D eigenvalue weighted by molar-refractivity contribution is 0.205. The molecule has 0 radical (unpaired) electrons. The zero-order valence-electron chi connectivity index (χ0n) is 8.60. The molecule has 0 aromatic carbocycles. The monoisotopic (exact) mass is 196 g/mol. The molecule has 0 aliphatic rings. The van der Waals surface area contributed by atoms with Gasteiger partial charge >= 0.3 is 0 Å². The molecule has 1 rings (SSSR count). The van der Waals surface area contributed by atoms with Gasteiger partial charge in [0.2, 0.25) is 5.95 Å². The molecule has 0 aliphatic heterocycles. The average molecular weight is 196 g/mol. The molecule has 0 unspecified atom stereocenters. The van der Waals surface area contributed by atoms with Crippen molar-refractivity contribution in [2.24, 2.45) is 0 Å². The van der Waals surface area contributed by atoms with E-state index in [1.165, 1.54) is 0 Å². The first-order valence-corrected chi connectivity index (χ1v) is 4.60. The Balaban J connectivity index is 2.68. The molecule has 2 N–H and O–H groups in total.